The molecule has 2 fully saturated rings. The summed E-state index contributed by atoms with van der Waals surface area (Å²) in [6.45, 7) is 2.70. The summed E-state index contributed by atoms with van der Waals surface area (Å²) >= 11 is 1.14. The van der Waals surface area contributed by atoms with Crippen LogP contribution in [-0.4, -0.2) is 45.4 Å². The van der Waals surface area contributed by atoms with Crippen LogP contribution in [0.25, 0.3) is 0 Å². The van der Waals surface area contributed by atoms with Crippen molar-refractivity contribution < 1.29 is 9.59 Å². The summed E-state index contributed by atoms with van der Waals surface area (Å²) < 4.78 is 1.60. The van der Waals surface area contributed by atoms with E-state index >= 15 is 0 Å². The fourth-order valence-corrected chi connectivity index (χ4v) is 3.09. The predicted molar refractivity (Wildman–Crippen MR) is 70.2 cm³/mol. The summed E-state index contributed by atoms with van der Waals surface area (Å²) in [7, 11) is 0. The largest absolute Gasteiger partial charge is 0.327 e. The van der Waals surface area contributed by atoms with Gasteiger partial charge in [-0.1, -0.05) is 11.3 Å². The summed E-state index contributed by atoms with van der Waals surface area (Å²) in [5.74, 6) is -0.155. The minimum Gasteiger partial charge on any atom is -0.312 e. The maximum absolute atomic E-state index is 12.1. The van der Waals surface area contributed by atoms with E-state index in [1.165, 1.54) is 4.90 Å². The van der Waals surface area contributed by atoms with E-state index in [-0.39, 0.29) is 35.9 Å². The van der Waals surface area contributed by atoms with Gasteiger partial charge in [-0.2, -0.15) is 0 Å². The summed E-state index contributed by atoms with van der Waals surface area (Å²) in [6, 6.07) is 0.0560. The van der Waals surface area contributed by atoms with Gasteiger partial charge >= 0.3 is 10.9 Å². The number of aryl methyl sites for hydroxylation is 1. The van der Waals surface area contributed by atoms with E-state index in [2.05, 4.69) is 0 Å². The van der Waals surface area contributed by atoms with Gasteiger partial charge in [-0.15, -0.1) is 0 Å². The molecule has 0 spiro atoms. The predicted octanol–water partition coefficient (Wildman–Crippen LogP) is 0.645. The number of thiazole rings is 1. The van der Waals surface area contributed by atoms with Crippen LogP contribution in [0.2, 0.25) is 0 Å². The van der Waals surface area contributed by atoms with Crippen molar-refractivity contribution in [2.45, 2.75) is 32.4 Å². The zero-order valence-corrected chi connectivity index (χ0v) is 11.5. The SMILES string of the molecule is Cc1csc(=O)n1CCN1C(=O)CN(C2CC2)C1=O. The molecule has 1 aromatic rings. The third kappa shape index (κ3) is 2.18. The first kappa shape index (κ1) is 12.4. The molecule has 0 atom stereocenters. The van der Waals surface area contributed by atoms with E-state index in [0.29, 0.717) is 6.54 Å². The standard InChI is InChI=1S/C12H15N3O3S/c1-8-7-19-12(18)13(8)4-5-14-10(16)6-15(11(14)17)9-2-3-9/h7,9H,2-6H2,1H3. The second kappa shape index (κ2) is 4.48. The zero-order chi connectivity index (χ0) is 13.6. The first-order valence-corrected chi connectivity index (χ1v) is 7.22. The molecule has 2 aliphatic rings. The molecule has 1 aliphatic carbocycles. The number of nitrogens with zero attached hydrogens (tertiary/aromatic N) is 3. The van der Waals surface area contributed by atoms with Gasteiger partial charge in [0, 0.05) is 30.2 Å². The topological polar surface area (TPSA) is 62.6 Å². The van der Waals surface area contributed by atoms with Gasteiger partial charge in [0.25, 0.3) is 0 Å². The van der Waals surface area contributed by atoms with Crippen molar-refractivity contribution in [2.75, 3.05) is 13.1 Å². The normalized spacial score (nSPS) is 19.6. The fourth-order valence-electron chi connectivity index (χ4n) is 2.33. The van der Waals surface area contributed by atoms with Crippen molar-refractivity contribution in [1.82, 2.24) is 14.4 Å². The van der Waals surface area contributed by atoms with Crippen molar-refractivity contribution in [3.63, 3.8) is 0 Å². The lowest BCUT2D eigenvalue weighted by molar-refractivity contribution is -0.125. The molecule has 0 N–H and O–H groups in total. The van der Waals surface area contributed by atoms with Crippen LogP contribution < -0.4 is 4.87 Å². The molecule has 3 amide bonds. The molecule has 1 aliphatic heterocycles. The molecule has 0 unspecified atom stereocenters. The number of amides is 3. The Morgan fingerprint density at radius 1 is 1.26 bits per heavy atom. The first-order valence-electron chi connectivity index (χ1n) is 6.34. The molecule has 3 rings (SSSR count). The lowest BCUT2D eigenvalue weighted by Gasteiger charge is -2.16. The number of hydrogen-bond acceptors (Lipinski definition) is 4. The van der Waals surface area contributed by atoms with Crippen molar-refractivity contribution >= 4 is 23.3 Å². The Morgan fingerprint density at radius 3 is 2.58 bits per heavy atom. The third-order valence-electron chi connectivity index (χ3n) is 3.59. The molecule has 102 valence electrons. The minimum absolute atomic E-state index is 0.0457. The van der Waals surface area contributed by atoms with Crippen LogP contribution in [-0.2, 0) is 11.3 Å². The Labute approximate surface area is 114 Å². The van der Waals surface area contributed by atoms with Gasteiger partial charge < -0.3 is 9.47 Å². The van der Waals surface area contributed by atoms with Crippen LogP contribution in [0.3, 0.4) is 0 Å². The number of urea groups is 1. The molecule has 0 radical (unpaired) electrons. The Morgan fingerprint density at radius 2 is 2.00 bits per heavy atom. The van der Waals surface area contributed by atoms with Crippen LogP contribution in [0.4, 0.5) is 4.79 Å². The maximum Gasteiger partial charge on any atom is 0.327 e. The molecule has 19 heavy (non-hydrogen) atoms. The molecular formula is C12H15N3O3S. The number of imide groups is 1. The van der Waals surface area contributed by atoms with E-state index in [1.54, 1.807) is 14.8 Å². The van der Waals surface area contributed by atoms with Crippen LogP contribution in [0.15, 0.2) is 10.2 Å². The summed E-state index contributed by atoms with van der Waals surface area (Å²) in [4.78, 5) is 38.3. The highest BCUT2D eigenvalue weighted by atomic mass is 32.1. The third-order valence-corrected chi connectivity index (χ3v) is 4.48. The van der Waals surface area contributed by atoms with Crippen LogP contribution >= 0.6 is 11.3 Å². The molecule has 0 bridgehead atoms. The molecule has 1 saturated heterocycles. The number of carbonyl (C=O) groups excluding carboxylic acids is 2. The van der Waals surface area contributed by atoms with Crippen LogP contribution in [0, 0.1) is 6.92 Å². The lowest BCUT2D eigenvalue weighted by atomic mass is 10.4. The molecule has 6 nitrogen and oxygen atoms in total. The Balaban J connectivity index is 1.68. The zero-order valence-electron chi connectivity index (χ0n) is 10.7. The van der Waals surface area contributed by atoms with Gasteiger partial charge in [0.2, 0.25) is 5.91 Å². The molecule has 7 heteroatoms. The van der Waals surface area contributed by atoms with Gasteiger partial charge in [0.1, 0.15) is 6.54 Å². The first-order chi connectivity index (χ1) is 9.08. The highest BCUT2D eigenvalue weighted by Gasteiger charge is 2.43. The number of rotatable bonds is 4. The Kier molecular flexibility index (Phi) is 2.93. The Hall–Kier alpha value is -1.63. The molecule has 0 aromatic carbocycles. The van der Waals surface area contributed by atoms with E-state index < -0.39 is 0 Å². The van der Waals surface area contributed by atoms with Gasteiger partial charge in [-0.3, -0.25) is 14.5 Å². The molecular weight excluding hydrogens is 266 g/mol. The van der Waals surface area contributed by atoms with E-state index in [0.717, 1.165) is 29.9 Å². The van der Waals surface area contributed by atoms with Crippen LogP contribution in [0.1, 0.15) is 18.5 Å². The number of hydrogen-bond donors (Lipinski definition) is 0. The van der Waals surface area contributed by atoms with Crippen LogP contribution in [0.5, 0.6) is 0 Å². The average molecular weight is 281 g/mol. The van der Waals surface area contributed by atoms with Gasteiger partial charge in [-0.05, 0) is 19.8 Å². The molecule has 2 heterocycles. The number of aromatic nitrogens is 1. The minimum atomic E-state index is -0.201. The summed E-state index contributed by atoms with van der Waals surface area (Å²) in [6.07, 6.45) is 1.99. The van der Waals surface area contributed by atoms with Crippen molar-refractivity contribution in [2.24, 2.45) is 0 Å². The van der Waals surface area contributed by atoms with E-state index in [4.69, 9.17) is 0 Å². The lowest BCUT2D eigenvalue weighted by Crippen LogP contribution is -2.37. The van der Waals surface area contributed by atoms with Gasteiger partial charge in [0.05, 0.1) is 0 Å². The van der Waals surface area contributed by atoms with E-state index in [1.807, 2.05) is 6.92 Å². The second-order valence-electron chi connectivity index (χ2n) is 4.98. The van der Waals surface area contributed by atoms with Gasteiger partial charge in [0.15, 0.2) is 0 Å². The maximum atomic E-state index is 12.1. The number of carbonyl (C=O) groups is 2. The fraction of sp³-hybridized carbons (Fsp3) is 0.583. The smallest absolute Gasteiger partial charge is 0.312 e. The average Bonchev–Trinajstić information content (AvgIpc) is 3.11. The molecule has 1 saturated carbocycles. The monoisotopic (exact) mass is 281 g/mol. The Bertz CT molecular complexity index is 587. The van der Waals surface area contributed by atoms with Crippen molar-refractivity contribution in [3.05, 3.63) is 20.7 Å². The highest BCUT2D eigenvalue weighted by Crippen LogP contribution is 2.30. The second-order valence-corrected chi connectivity index (χ2v) is 5.80. The van der Waals surface area contributed by atoms with E-state index in [9.17, 15) is 14.4 Å². The van der Waals surface area contributed by atoms with Crippen molar-refractivity contribution in [3.8, 4) is 0 Å². The summed E-state index contributed by atoms with van der Waals surface area (Å²) in [5.41, 5.74) is 0.869. The highest BCUT2D eigenvalue weighted by molar-refractivity contribution is 7.07. The quantitative estimate of drug-likeness (QED) is 0.761. The summed E-state index contributed by atoms with van der Waals surface area (Å²) in [5, 5.41) is 1.78. The molecule has 1 aromatic heterocycles. The van der Waals surface area contributed by atoms with Crippen molar-refractivity contribution in [1.29, 1.82) is 0 Å². The van der Waals surface area contributed by atoms with Gasteiger partial charge in [-0.25, -0.2) is 4.79 Å².